The molecule has 0 radical (unpaired) electrons. The van der Waals surface area contributed by atoms with E-state index < -0.39 is 6.10 Å². The van der Waals surface area contributed by atoms with Gasteiger partial charge >= 0.3 is 0 Å². The maximum atomic E-state index is 7.82. The molecule has 1 atom stereocenters. The van der Waals surface area contributed by atoms with Crippen molar-refractivity contribution in [1.29, 1.82) is 0 Å². The topological polar surface area (TPSA) is 38.7 Å². The molecule has 0 heterocycles. The smallest absolute Gasteiger partial charge is 0.143 e. The van der Waals surface area contributed by atoms with E-state index in [9.17, 15) is 0 Å². The van der Waals surface area contributed by atoms with Gasteiger partial charge in [0.25, 0.3) is 0 Å². The summed E-state index contributed by atoms with van der Waals surface area (Å²) < 4.78 is 4.62. The van der Waals surface area contributed by atoms with Crippen LogP contribution in [0.15, 0.2) is 0 Å². The third-order valence-electron chi connectivity index (χ3n) is 0.696. The Morgan fingerprint density at radius 1 is 1.88 bits per heavy atom. The molecule has 0 aliphatic rings. The minimum atomic E-state index is -0.444. The maximum Gasteiger partial charge on any atom is 0.143 e. The Labute approximate surface area is 48.1 Å². The van der Waals surface area contributed by atoms with Crippen LogP contribution >= 0.6 is 0 Å². The van der Waals surface area contributed by atoms with Gasteiger partial charge < -0.3 is 4.74 Å². The molecule has 3 heteroatoms. The molecule has 0 rings (SSSR count). The highest BCUT2D eigenvalue weighted by atomic mass is 17.1. The van der Waals surface area contributed by atoms with E-state index in [4.69, 9.17) is 11.7 Å². The van der Waals surface area contributed by atoms with Gasteiger partial charge in [-0.15, -0.1) is 6.42 Å². The summed E-state index contributed by atoms with van der Waals surface area (Å²) in [5.74, 6) is 2.25. The van der Waals surface area contributed by atoms with E-state index in [1.54, 1.807) is 0 Å². The fourth-order valence-electron chi connectivity index (χ4n) is 0.252. The lowest BCUT2D eigenvalue weighted by atomic mass is 10.4. The van der Waals surface area contributed by atoms with Gasteiger partial charge in [-0.25, -0.2) is 4.89 Å². The molecule has 0 bridgehead atoms. The average molecular weight is 116 g/mol. The molecule has 0 saturated heterocycles. The quantitative estimate of drug-likeness (QED) is 0.323. The number of terminal acetylenes is 1. The van der Waals surface area contributed by atoms with E-state index in [1.807, 2.05) is 0 Å². The highest BCUT2D eigenvalue weighted by Crippen LogP contribution is 1.85. The zero-order chi connectivity index (χ0) is 6.41. The van der Waals surface area contributed by atoms with Gasteiger partial charge in [-0.2, -0.15) is 0 Å². The molecule has 0 saturated carbocycles. The Hall–Kier alpha value is -0.560. The fourth-order valence-corrected chi connectivity index (χ4v) is 0.252. The van der Waals surface area contributed by atoms with E-state index in [0.717, 1.165) is 0 Å². The zero-order valence-corrected chi connectivity index (χ0v) is 4.63. The number of methoxy groups -OCH3 is 1. The molecule has 0 aliphatic heterocycles. The lowest BCUT2D eigenvalue weighted by Gasteiger charge is -2.02. The van der Waals surface area contributed by atoms with Crippen LogP contribution in [0.4, 0.5) is 0 Å². The van der Waals surface area contributed by atoms with Crippen LogP contribution in [0.3, 0.4) is 0 Å². The van der Waals surface area contributed by atoms with E-state index in [0.29, 0.717) is 0 Å². The van der Waals surface area contributed by atoms with Crippen LogP contribution in [0.5, 0.6) is 0 Å². The van der Waals surface area contributed by atoms with Crippen molar-refractivity contribution in [3.05, 3.63) is 0 Å². The first-order chi connectivity index (χ1) is 3.85. The second kappa shape index (κ2) is 4.60. The van der Waals surface area contributed by atoms with Gasteiger partial charge in [-0.05, 0) is 0 Å². The molecular formula is C5H8O3. The Kier molecular flexibility index (Phi) is 4.27. The SMILES string of the molecule is C#CC(COO)OC. The van der Waals surface area contributed by atoms with Crippen LogP contribution in [0, 0.1) is 12.3 Å². The summed E-state index contributed by atoms with van der Waals surface area (Å²) in [5.41, 5.74) is 0. The Bertz CT molecular complexity index is 84.2. The maximum absolute atomic E-state index is 7.82. The summed E-state index contributed by atoms with van der Waals surface area (Å²) in [6.45, 7) is 0.0208. The van der Waals surface area contributed by atoms with Crippen LogP contribution in [-0.2, 0) is 9.62 Å². The minimum absolute atomic E-state index is 0.0208. The normalized spacial score (nSPS) is 12.6. The molecule has 1 N–H and O–H groups in total. The summed E-state index contributed by atoms with van der Waals surface area (Å²) in [6.07, 6.45) is 4.46. The van der Waals surface area contributed by atoms with Gasteiger partial charge in [-0.3, -0.25) is 5.26 Å². The number of ether oxygens (including phenoxy) is 1. The Morgan fingerprint density at radius 2 is 2.50 bits per heavy atom. The van der Waals surface area contributed by atoms with E-state index in [-0.39, 0.29) is 6.61 Å². The molecule has 46 valence electrons. The number of rotatable bonds is 3. The fraction of sp³-hybridized carbons (Fsp3) is 0.600. The van der Waals surface area contributed by atoms with Crippen LogP contribution in [0.1, 0.15) is 0 Å². The van der Waals surface area contributed by atoms with Gasteiger partial charge in [0.2, 0.25) is 0 Å². The summed E-state index contributed by atoms with van der Waals surface area (Å²) in [7, 11) is 1.45. The van der Waals surface area contributed by atoms with Crippen LogP contribution in [0.2, 0.25) is 0 Å². The molecule has 0 aliphatic carbocycles. The van der Waals surface area contributed by atoms with Gasteiger partial charge in [0.05, 0.1) is 0 Å². The van der Waals surface area contributed by atoms with Gasteiger partial charge in [0.1, 0.15) is 12.7 Å². The minimum Gasteiger partial charge on any atom is -0.366 e. The molecular weight excluding hydrogens is 108 g/mol. The van der Waals surface area contributed by atoms with Gasteiger partial charge in [0, 0.05) is 7.11 Å². The van der Waals surface area contributed by atoms with Gasteiger partial charge in [-0.1, -0.05) is 5.92 Å². The van der Waals surface area contributed by atoms with Crippen LogP contribution in [0.25, 0.3) is 0 Å². The highest BCUT2D eigenvalue weighted by Gasteiger charge is 1.99. The third kappa shape index (κ3) is 2.59. The van der Waals surface area contributed by atoms with E-state index in [2.05, 4.69) is 15.5 Å². The van der Waals surface area contributed by atoms with Crippen molar-refractivity contribution in [2.45, 2.75) is 6.10 Å². The van der Waals surface area contributed by atoms with Crippen molar-refractivity contribution in [1.82, 2.24) is 0 Å². The molecule has 3 nitrogen and oxygen atoms in total. The first kappa shape index (κ1) is 7.44. The molecule has 0 aromatic heterocycles. The summed E-state index contributed by atoms with van der Waals surface area (Å²) in [6, 6.07) is 0. The molecule has 0 aromatic carbocycles. The zero-order valence-electron chi connectivity index (χ0n) is 4.63. The lowest BCUT2D eigenvalue weighted by Crippen LogP contribution is -2.14. The molecule has 0 fully saturated rings. The van der Waals surface area contributed by atoms with Crippen LogP contribution in [-0.4, -0.2) is 25.1 Å². The molecule has 0 spiro atoms. The molecule has 0 amide bonds. The summed E-state index contributed by atoms with van der Waals surface area (Å²) in [4.78, 5) is 3.72. The first-order valence-electron chi connectivity index (χ1n) is 2.10. The summed E-state index contributed by atoms with van der Waals surface area (Å²) in [5, 5.41) is 7.82. The standard InChI is InChI=1S/C5H8O3/c1-3-5(7-2)4-8-6/h1,5-6H,4H2,2H3. The molecule has 0 aromatic rings. The highest BCUT2D eigenvalue weighted by molar-refractivity contribution is 4.93. The molecule has 8 heavy (non-hydrogen) atoms. The predicted octanol–water partition coefficient (Wildman–Crippen LogP) is 0.124. The van der Waals surface area contributed by atoms with Crippen molar-refractivity contribution >= 4 is 0 Å². The van der Waals surface area contributed by atoms with Crippen molar-refractivity contribution in [3.8, 4) is 12.3 Å². The van der Waals surface area contributed by atoms with E-state index >= 15 is 0 Å². The van der Waals surface area contributed by atoms with Crippen molar-refractivity contribution in [2.24, 2.45) is 0 Å². The van der Waals surface area contributed by atoms with Crippen molar-refractivity contribution in [3.63, 3.8) is 0 Å². The number of hydrogen-bond donors (Lipinski definition) is 1. The Balaban J connectivity index is 3.26. The number of hydrogen-bond acceptors (Lipinski definition) is 3. The summed E-state index contributed by atoms with van der Waals surface area (Å²) >= 11 is 0. The van der Waals surface area contributed by atoms with Gasteiger partial charge in [0.15, 0.2) is 0 Å². The van der Waals surface area contributed by atoms with Crippen LogP contribution < -0.4 is 0 Å². The second-order valence-corrected chi connectivity index (χ2v) is 1.19. The largest absolute Gasteiger partial charge is 0.366 e. The average Bonchev–Trinajstić information content (AvgIpc) is 1.83. The second-order valence-electron chi connectivity index (χ2n) is 1.19. The van der Waals surface area contributed by atoms with Crippen molar-refractivity contribution in [2.75, 3.05) is 13.7 Å². The van der Waals surface area contributed by atoms with Crippen molar-refractivity contribution < 1.29 is 14.9 Å². The molecule has 1 unspecified atom stereocenters. The Morgan fingerprint density at radius 3 is 2.62 bits per heavy atom. The van der Waals surface area contributed by atoms with E-state index in [1.165, 1.54) is 7.11 Å². The lowest BCUT2D eigenvalue weighted by molar-refractivity contribution is -0.253. The first-order valence-corrected chi connectivity index (χ1v) is 2.10. The predicted molar refractivity (Wildman–Crippen MR) is 28.2 cm³/mol. The monoisotopic (exact) mass is 116 g/mol. The third-order valence-corrected chi connectivity index (χ3v) is 0.696.